The highest BCUT2D eigenvalue weighted by atomic mass is 32.1. The van der Waals surface area contributed by atoms with Gasteiger partial charge in [0.1, 0.15) is 0 Å². The van der Waals surface area contributed by atoms with E-state index in [1.54, 1.807) is 11.3 Å². The molecule has 2 heterocycles. The van der Waals surface area contributed by atoms with Crippen LogP contribution in [0.15, 0.2) is 60.1 Å². The Labute approximate surface area is 139 Å². The summed E-state index contributed by atoms with van der Waals surface area (Å²) in [5.74, 6) is 0. The molecule has 2 aromatic carbocycles. The van der Waals surface area contributed by atoms with Crippen LogP contribution in [0.2, 0.25) is 0 Å². The summed E-state index contributed by atoms with van der Waals surface area (Å²) in [5.41, 5.74) is 7.77. The van der Waals surface area contributed by atoms with Crippen LogP contribution in [0.25, 0.3) is 32.7 Å². The van der Waals surface area contributed by atoms with Gasteiger partial charge in [-0.15, -0.1) is 11.3 Å². The number of fused-ring (bicyclic) bond motifs is 1. The Morgan fingerprint density at radius 1 is 0.826 bits per heavy atom. The summed E-state index contributed by atoms with van der Waals surface area (Å²) in [5, 5.41) is 2.06. The van der Waals surface area contributed by atoms with Crippen molar-refractivity contribution in [2.75, 3.05) is 0 Å². The second-order valence-electron chi connectivity index (χ2n) is 5.81. The van der Waals surface area contributed by atoms with Gasteiger partial charge in [0.05, 0.1) is 27.8 Å². The number of hydrogen-bond donors (Lipinski definition) is 0. The maximum absolute atomic E-state index is 4.74. The van der Waals surface area contributed by atoms with Gasteiger partial charge in [0.15, 0.2) is 0 Å². The first-order chi connectivity index (χ1) is 11.2. The van der Waals surface area contributed by atoms with Gasteiger partial charge in [-0.3, -0.25) is 4.98 Å². The number of aromatic nitrogens is 2. The lowest BCUT2D eigenvalue weighted by atomic mass is 10.0. The van der Waals surface area contributed by atoms with E-state index in [2.05, 4.69) is 66.7 Å². The highest BCUT2D eigenvalue weighted by Gasteiger charge is 2.06. The van der Waals surface area contributed by atoms with Gasteiger partial charge in [0.2, 0.25) is 0 Å². The van der Waals surface area contributed by atoms with Crippen molar-refractivity contribution in [2.45, 2.75) is 13.8 Å². The van der Waals surface area contributed by atoms with Crippen LogP contribution in [-0.4, -0.2) is 9.97 Å². The Morgan fingerprint density at radius 3 is 2.39 bits per heavy atom. The minimum absolute atomic E-state index is 0.932. The van der Waals surface area contributed by atoms with Gasteiger partial charge in [-0.1, -0.05) is 41.5 Å². The molecule has 0 atom stereocenters. The molecule has 0 aliphatic carbocycles. The first-order valence-corrected chi connectivity index (χ1v) is 8.46. The van der Waals surface area contributed by atoms with Crippen molar-refractivity contribution in [3.05, 3.63) is 71.2 Å². The lowest BCUT2D eigenvalue weighted by Crippen LogP contribution is -1.89. The zero-order valence-electron chi connectivity index (χ0n) is 13.1. The second kappa shape index (κ2) is 5.60. The van der Waals surface area contributed by atoms with Crippen molar-refractivity contribution in [3.63, 3.8) is 0 Å². The van der Waals surface area contributed by atoms with Crippen LogP contribution in [-0.2, 0) is 0 Å². The lowest BCUT2D eigenvalue weighted by Gasteiger charge is -2.07. The molecule has 2 aromatic heterocycles. The summed E-state index contributed by atoms with van der Waals surface area (Å²) >= 11 is 1.69. The van der Waals surface area contributed by atoms with E-state index in [4.69, 9.17) is 4.98 Å². The van der Waals surface area contributed by atoms with Gasteiger partial charge in [-0.25, -0.2) is 4.98 Å². The van der Waals surface area contributed by atoms with Crippen molar-refractivity contribution < 1.29 is 0 Å². The number of rotatable bonds is 2. The molecular weight excluding hydrogens is 300 g/mol. The van der Waals surface area contributed by atoms with Crippen LogP contribution < -0.4 is 0 Å². The van der Waals surface area contributed by atoms with Gasteiger partial charge in [-0.2, -0.15) is 0 Å². The van der Waals surface area contributed by atoms with Crippen molar-refractivity contribution in [3.8, 4) is 21.7 Å². The molecule has 112 valence electrons. The molecule has 0 saturated heterocycles. The highest BCUT2D eigenvalue weighted by Crippen LogP contribution is 2.27. The van der Waals surface area contributed by atoms with Crippen molar-refractivity contribution >= 4 is 22.4 Å². The molecule has 4 aromatic rings. The van der Waals surface area contributed by atoms with Crippen LogP contribution in [0.3, 0.4) is 0 Å². The van der Waals surface area contributed by atoms with Gasteiger partial charge >= 0.3 is 0 Å². The standard InChI is InChI=1S/C20H16N2S/c1-13-8-14(2)10-16(9-13)15-5-6-17-18(11-15)21-12-19(22-17)20-4-3-7-23-20/h3-12H,1-2H3. The van der Waals surface area contributed by atoms with Gasteiger partial charge < -0.3 is 0 Å². The average molecular weight is 316 g/mol. The smallest absolute Gasteiger partial charge is 0.0992 e. The van der Waals surface area contributed by atoms with Crippen LogP contribution in [0.1, 0.15) is 11.1 Å². The van der Waals surface area contributed by atoms with E-state index in [1.807, 2.05) is 12.3 Å². The normalized spacial score (nSPS) is 11.0. The summed E-state index contributed by atoms with van der Waals surface area (Å²) in [6.07, 6.45) is 1.86. The molecule has 0 aliphatic heterocycles. The number of aryl methyl sites for hydroxylation is 2. The molecule has 0 radical (unpaired) electrons. The minimum atomic E-state index is 0.932. The van der Waals surface area contributed by atoms with Crippen LogP contribution in [0.5, 0.6) is 0 Å². The molecule has 3 heteroatoms. The van der Waals surface area contributed by atoms with Gasteiger partial charge in [-0.05, 0) is 48.6 Å². The van der Waals surface area contributed by atoms with Crippen molar-refractivity contribution in [1.29, 1.82) is 0 Å². The summed E-state index contributed by atoms with van der Waals surface area (Å²) in [6, 6.07) is 17.0. The lowest BCUT2D eigenvalue weighted by molar-refractivity contribution is 1.30. The van der Waals surface area contributed by atoms with Crippen LogP contribution >= 0.6 is 11.3 Å². The molecule has 2 nitrogen and oxygen atoms in total. The third-order valence-corrected chi connectivity index (χ3v) is 4.76. The zero-order chi connectivity index (χ0) is 15.8. The van der Waals surface area contributed by atoms with E-state index in [0.717, 1.165) is 21.6 Å². The SMILES string of the molecule is Cc1cc(C)cc(-c2ccc3nc(-c4cccs4)cnc3c2)c1. The number of thiophene rings is 1. The fourth-order valence-corrected chi connectivity index (χ4v) is 3.55. The average Bonchev–Trinajstić information content (AvgIpc) is 3.07. The fraction of sp³-hybridized carbons (Fsp3) is 0.100. The molecule has 0 saturated carbocycles. The molecule has 0 fully saturated rings. The van der Waals surface area contributed by atoms with Crippen molar-refractivity contribution in [1.82, 2.24) is 9.97 Å². The van der Waals surface area contributed by atoms with Gasteiger partial charge in [0.25, 0.3) is 0 Å². The molecular formula is C20H16N2S. The molecule has 0 spiro atoms. The third-order valence-electron chi connectivity index (χ3n) is 3.87. The van der Waals surface area contributed by atoms with Crippen LogP contribution in [0, 0.1) is 13.8 Å². The van der Waals surface area contributed by atoms with E-state index in [0.29, 0.717) is 0 Å². The number of hydrogen-bond acceptors (Lipinski definition) is 3. The predicted octanol–water partition coefficient (Wildman–Crippen LogP) is 5.64. The zero-order valence-corrected chi connectivity index (χ0v) is 13.9. The molecule has 0 amide bonds. The Hall–Kier alpha value is -2.52. The van der Waals surface area contributed by atoms with Crippen molar-refractivity contribution in [2.24, 2.45) is 0 Å². The predicted molar refractivity (Wildman–Crippen MR) is 97.8 cm³/mol. The minimum Gasteiger partial charge on any atom is -0.252 e. The van der Waals surface area contributed by atoms with Gasteiger partial charge in [0, 0.05) is 0 Å². The van der Waals surface area contributed by atoms with E-state index in [-0.39, 0.29) is 0 Å². The molecule has 0 N–H and O–H groups in total. The highest BCUT2D eigenvalue weighted by molar-refractivity contribution is 7.13. The Morgan fingerprint density at radius 2 is 1.65 bits per heavy atom. The molecule has 0 aliphatic rings. The molecule has 4 rings (SSSR count). The Balaban J connectivity index is 1.81. The quantitative estimate of drug-likeness (QED) is 0.478. The van der Waals surface area contributed by atoms with E-state index < -0.39 is 0 Å². The Bertz CT molecular complexity index is 968. The number of nitrogens with zero attached hydrogens (tertiary/aromatic N) is 2. The third kappa shape index (κ3) is 2.76. The van der Waals surface area contributed by atoms with E-state index in [9.17, 15) is 0 Å². The molecule has 23 heavy (non-hydrogen) atoms. The first kappa shape index (κ1) is 14.1. The summed E-state index contributed by atoms with van der Waals surface area (Å²) < 4.78 is 0. The fourth-order valence-electron chi connectivity index (χ4n) is 2.87. The van der Waals surface area contributed by atoms with Crippen LogP contribution in [0.4, 0.5) is 0 Å². The number of benzene rings is 2. The largest absolute Gasteiger partial charge is 0.252 e. The molecule has 0 bridgehead atoms. The summed E-state index contributed by atoms with van der Waals surface area (Å²) in [4.78, 5) is 10.5. The maximum Gasteiger partial charge on any atom is 0.0992 e. The summed E-state index contributed by atoms with van der Waals surface area (Å²) in [6.45, 7) is 4.26. The summed E-state index contributed by atoms with van der Waals surface area (Å²) in [7, 11) is 0. The first-order valence-electron chi connectivity index (χ1n) is 7.58. The second-order valence-corrected chi connectivity index (χ2v) is 6.76. The molecule has 0 unspecified atom stereocenters. The Kier molecular flexibility index (Phi) is 3.43. The monoisotopic (exact) mass is 316 g/mol. The van der Waals surface area contributed by atoms with E-state index in [1.165, 1.54) is 22.3 Å². The van der Waals surface area contributed by atoms with E-state index >= 15 is 0 Å². The maximum atomic E-state index is 4.74. The topological polar surface area (TPSA) is 25.8 Å².